The van der Waals surface area contributed by atoms with E-state index in [1.165, 1.54) is 19.1 Å². The van der Waals surface area contributed by atoms with Gasteiger partial charge in [0.15, 0.2) is 5.78 Å². The van der Waals surface area contributed by atoms with Gasteiger partial charge < -0.3 is 5.32 Å². The van der Waals surface area contributed by atoms with E-state index in [9.17, 15) is 18.0 Å². The molecule has 0 fully saturated rings. The highest BCUT2D eigenvalue weighted by Crippen LogP contribution is 2.15. The minimum absolute atomic E-state index is 0.138. The summed E-state index contributed by atoms with van der Waals surface area (Å²) in [5, 5.41) is 2.84. The largest absolute Gasteiger partial charge is 0.342 e. The van der Waals surface area contributed by atoms with Gasteiger partial charge in [-0.05, 0) is 55.5 Å². The lowest BCUT2D eigenvalue weighted by Crippen LogP contribution is -2.40. The first-order valence-electron chi connectivity index (χ1n) is 11.5. The molecule has 0 spiro atoms. The number of hydrogen-bond donors (Lipinski definition) is 2. The van der Waals surface area contributed by atoms with Crippen LogP contribution in [0, 0.1) is 0 Å². The number of nitrogens with one attached hydrogen (secondary N) is 2. The molecule has 182 valence electrons. The number of benzene rings is 3. The lowest BCUT2D eigenvalue weighted by molar-refractivity contribution is -0.119. The molecule has 1 unspecified atom stereocenters. The van der Waals surface area contributed by atoms with Gasteiger partial charge in [0.25, 0.3) is 5.91 Å². The summed E-state index contributed by atoms with van der Waals surface area (Å²) in [6, 6.07) is 24.6. The second kappa shape index (κ2) is 12.8. The highest BCUT2D eigenvalue weighted by Gasteiger charge is 2.19. The fourth-order valence-electron chi connectivity index (χ4n) is 3.58. The maximum atomic E-state index is 13.0. The SMILES string of the molecule is CC(=O)C(CCCCNS(=O)(=O)c1ccccc1)NC(=O)c1ccccc1/C=C/c1ccccc1. The lowest BCUT2D eigenvalue weighted by Gasteiger charge is -2.17. The molecule has 0 saturated heterocycles. The van der Waals surface area contributed by atoms with Gasteiger partial charge in [-0.15, -0.1) is 0 Å². The number of sulfonamides is 1. The molecule has 2 N–H and O–H groups in total. The van der Waals surface area contributed by atoms with E-state index in [1.54, 1.807) is 30.3 Å². The van der Waals surface area contributed by atoms with E-state index in [2.05, 4.69) is 10.0 Å². The molecular formula is C28H30N2O4S. The van der Waals surface area contributed by atoms with Crippen LogP contribution in [0.1, 0.15) is 47.7 Å². The molecule has 0 aromatic heterocycles. The van der Waals surface area contributed by atoms with Crippen LogP contribution in [-0.4, -0.2) is 32.7 Å². The number of carbonyl (C=O) groups is 2. The van der Waals surface area contributed by atoms with Gasteiger partial charge in [-0.3, -0.25) is 9.59 Å². The van der Waals surface area contributed by atoms with Gasteiger partial charge in [0.1, 0.15) is 0 Å². The molecule has 7 heteroatoms. The normalized spacial score (nSPS) is 12.4. The van der Waals surface area contributed by atoms with Crippen LogP contribution in [0.3, 0.4) is 0 Å². The Kier molecular flexibility index (Phi) is 9.52. The summed E-state index contributed by atoms with van der Waals surface area (Å²) in [6.07, 6.45) is 5.37. The van der Waals surface area contributed by atoms with Gasteiger partial charge in [-0.1, -0.05) is 78.9 Å². The van der Waals surface area contributed by atoms with Gasteiger partial charge in [-0.25, -0.2) is 13.1 Å². The fraction of sp³-hybridized carbons (Fsp3) is 0.214. The summed E-state index contributed by atoms with van der Waals surface area (Å²) < 4.78 is 27.1. The monoisotopic (exact) mass is 490 g/mol. The molecule has 0 aliphatic rings. The van der Waals surface area contributed by atoms with Crippen molar-refractivity contribution in [2.45, 2.75) is 37.1 Å². The average molecular weight is 491 g/mol. The number of hydrogen-bond acceptors (Lipinski definition) is 4. The number of rotatable bonds is 12. The molecule has 0 heterocycles. The second-order valence-electron chi connectivity index (χ2n) is 8.17. The molecular weight excluding hydrogens is 460 g/mol. The van der Waals surface area contributed by atoms with Crippen molar-refractivity contribution in [1.29, 1.82) is 0 Å². The van der Waals surface area contributed by atoms with Crippen molar-refractivity contribution in [3.05, 3.63) is 102 Å². The van der Waals surface area contributed by atoms with E-state index >= 15 is 0 Å². The fourth-order valence-corrected chi connectivity index (χ4v) is 4.67. The van der Waals surface area contributed by atoms with E-state index < -0.39 is 16.1 Å². The Bertz CT molecular complexity index is 1260. The third-order valence-corrected chi connectivity index (χ3v) is 7.00. The van der Waals surface area contributed by atoms with Gasteiger partial charge in [0, 0.05) is 12.1 Å². The Morgan fingerprint density at radius 3 is 2.14 bits per heavy atom. The van der Waals surface area contributed by atoms with E-state index in [4.69, 9.17) is 0 Å². The van der Waals surface area contributed by atoms with Gasteiger partial charge in [0.2, 0.25) is 10.0 Å². The van der Waals surface area contributed by atoms with E-state index in [1.807, 2.05) is 54.6 Å². The van der Waals surface area contributed by atoms with E-state index in [-0.39, 0.29) is 23.1 Å². The third kappa shape index (κ3) is 8.02. The number of amides is 1. The summed E-state index contributed by atoms with van der Waals surface area (Å²) in [6.45, 7) is 1.70. The topological polar surface area (TPSA) is 92.3 Å². The van der Waals surface area contributed by atoms with Crippen molar-refractivity contribution in [2.75, 3.05) is 6.54 Å². The van der Waals surface area contributed by atoms with Crippen molar-refractivity contribution in [3.63, 3.8) is 0 Å². The molecule has 0 bridgehead atoms. The standard InChI is InChI=1S/C28H30N2O4S/c1-22(31)27(18-10-11-21-29-35(33,34)25-15-6-3-7-16-25)30-28(32)26-17-9-8-14-24(26)20-19-23-12-4-2-5-13-23/h2-9,12-17,19-20,27,29H,10-11,18,21H2,1H3,(H,30,32)/b20-19+. The van der Waals surface area contributed by atoms with Crippen LogP contribution in [0.4, 0.5) is 0 Å². The predicted molar refractivity (Wildman–Crippen MR) is 139 cm³/mol. The Hall–Kier alpha value is -3.55. The summed E-state index contributed by atoms with van der Waals surface area (Å²) in [4.78, 5) is 25.4. The molecule has 0 radical (unpaired) electrons. The first-order valence-corrected chi connectivity index (χ1v) is 13.0. The molecule has 6 nitrogen and oxygen atoms in total. The molecule has 0 aliphatic carbocycles. The number of carbonyl (C=O) groups excluding carboxylic acids is 2. The van der Waals surface area contributed by atoms with Crippen LogP contribution in [0.15, 0.2) is 89.8 Å². The first kappa shape index (κ1) is 26.1. The summed E-state index contributed by atoms with van der Waals surface area (Å²) >= 11 is 0. The Balaban J connectivity index is 1.55. The summed E-state index contributed by atoms with van der Waals surface area (Å²) in [5.41, 5.74) is 2.26. The molecule has 3 aromatic carbocycles. The van der Waals surface area contributed by atoms with Crippen molar-refractivity contribution in [1.82, 2.24) is 10.0 Å². The van der Waals surface area contributed by atoms with Crippen molar-refractivity contribution < 1.29 is 18.0 Å². The minimum Gasteiger partial charge on any atom is -0.342 e. The van der Waals surface area contributed by atoms with Crippen molar-refractivity contribution in [3.8, 4) is 0 Å². The molecule has 3 rings (SSSR count). The smallest absolute Gasteiger partial charge is 0.252 e. The van der Waals surface area contributed by atoms with Crippen LogP contribution in [0.25, 0.3) is 12.2 Å². The maximum Gasteiger partial charge on any atom is 0.252 e. The molecule has 1 atom stereocenters. The predicted octanol–water partition coefficient (Wildman–Crippen LogP) is 4.69. The number of unbranched alkanes of at least 4 members (excludes halogenated alkanes) is 1. The Morgan fingerprint density at radius 2 is 1.46 bits per heavy atom. The van der Waals surface area contributed by atoms with Crippen LogP contribution in [-0.2, 0) is 14.8 Å². The van der Waals surface area contributed by atoms with Gasteiger partial charge in [-0.2, -0.15) is 0 Å². The summed E-state index contributed by atoms with van der Waals surface area (Å²) in [7, 11) is -3.56. The number of Topliss-reactive ketones (excluding diaryl/α,β-unsaturated/α-hetero) is 1. The Labute approximate surface area is 207 Å². The maximum absolute atomic E-state index is 13.0. The zero-order valence-electron chi connectivity index (χ0n) is 19.7. The van der Waals surface area contributed by atoms with E-state index in [0.717, 1.165) is 11.1 Å². The van der Waals surface area contributed by atoms with Crippen molar-refractivity contribution >= 4 is 33.9 Å². The van der Waals surface area contributed by atoms with Gasteiger partial charge in [0.05, 0.1) is 10.9 Å². The van der Waals surface area contributed by atoms with Crippen molar-refractivity contribution in [2.24, 2.45) is 0 Å². The molecule has 35 heavy (non-hydrogen) atoms. The third-order valence-electron chi connectivity index (χ3n) is 5.52. The summed E-state index contributed by atoms with van der Waals surface area (Å²) in [5.74, 6) is -0.455. The minimum atomic E-state index is -3.56. The van der Waals surface area contributed by atoms with Gasteiger partial charge >= 0.3 is 0 Å². The molecule has 3 aromatic rings. The first-order chi connectivity index (χ1) is 16.9. The van der Waals surface area contributed by atoms with Crippen LogP contribution >= 0.6 is 0 Å². The van der Waals surface area contributed by atoms with E-state index in [0.29, 0.717) is 24.8 Å². The molecule has 0 saturated carbocycles. The molecule has 1 amide bonds. The highest BCUT2D eigenvalue weighted by atomic mass is 32.2. The quantitative estimate of drug-likeness (QED) is 0.285. The highest BCUT2D eigenvalue weighted by molar-refractivity contribution is 7.89. The zero-order chi connectivity index (χ0) is 25.1. The Morgan fingerprint density at radius 1 is 0.829 bits per heavy atom. The zero-order valence-corrected chi connectivity index (χ0v) is 20.5. The van der Waals surface area contributed by atoms with Crippen LogP contribution < -0.4 is 10.0 Å². The van der Waals surface area contributed by atoms with Crippen LogP contribution in [0.5, 0.6) is 0 Å². The second-order valence-corrected chi connectivity index (χ2v) is 9.94. The molecule has 0 aliphatic heterocycles. The lowest BCUT2D eigenvalue weighted by atomic mass is 10.0. The average Bonchev–Trinajstić information content (AvgIpc) is 2.87. The van der Waals surface area contributed by atoms with Crippen LogP contribution in [0.2, 0.25) is 0 Å². The number of ketones is 1.